The molecule has 0 aliphatic carbocycles. The van der Waals surface area contributed by atoms with Crippen molar-refractivity contribution in [2.45, 2.75) is 235 Å². The fourth-order valence-corrected chi connectivity index (χ4v) is 8.11. The van der Waals surface area contributed by atoms with Crippen molar-refractivity contribution >= 4 is 35.1 Å². The highest BCUT2D eigenvalue weighted by atomic mass is 16.4. The second kappa shape index (κ2) is 28.2. The summed E-state index contributed by atoms with van der Waals surface area (Å²) in [6.07, 6.45) is 12.2. The van der Waals surface area contributed by atoms with E-state index in [1.54, 1.807) is 0 Å². The number of carbonyl (C=O) groups excluding carboxylic acids is 5. The maximum absolute atomic E-state index is 15.3. The Labute approximate surface area is 376 Å². The topological polar surface area (TPSA) is 217 Å². The Bertz CT molecular complexity index is 1380. The van der Waals surface area contributed by atoms with Crippen LogP contribution in [0.4, 0.5) is 0 Å². The van der Waals surface area contributed by atoms with Crippen LogP contribution in [0.3, 0.4) is 0 Å². The predicted octanol–water partition coefficient (Wildman–Crippen LogP) is 7.58. The zero-order valence-corrected chi connectivity index (χ0v) is 41.6. The lowest BCUT2D eigenvalue weighted by atomic mass is 9.55. The van der Waals surface area contributed by atoms with Crippen LogP contribution in [0.2, 0.25) is 0 Å². The molecule has 0 rings (SSSR count). The fraction of sp³-hybridized carbons (Fsp3) is 0.878. The molecule has 0 saturated heterocycles. The third-order valence-electron chi connectivity index (χ3n) is 13.7. The van der Waals surface area contributed by atoms with Gasteiger partial charge in [0.1, 0.15) is 5.60 Å². The van der Waals surface area contributed by atoms with Gasteiger partial charge in [0.05, 0.1) is 18.5 Å². The summed E-state index contributed by atoms with van der Waals surface area (Å²) in [5.74, 6) is -2.53. The number of amides is 2. The van der Waals surface area contributed by atoms with Gasteiger partial charge in [0.2, 0.25) is 11.8 Å². The average Bonchev–Trinajstić information content (AvgIpc) is 3.17. The summed E-state index contributed by atoms with van der Waals surface area (Å²) in [7, 11) is 0. The SMILES string of the molecule is CCCCCCCCC(=O)NCCCCC(NC(C)(C)C(C)(C)C(=O)C(CCCCN)NC(C)C)C(=O)C(C)(C)C(C)(C)C(CCCCNC(=O)CCC(=O)O)C(=O)C(C)(C)O. The number of rotatable bonds is 37. The Morgan fingerprint density at radius 3 is 1.56 bits per heavy atom. The molecule has 0 radical (unpaired) electrons. The minimum absolute atomic E-state index is 0.0367. The van der Waals surface area contributed by atoms with E-state index in [-0.39, 0.29) is 48.0 Å². The molecule has 0 heterocycles. The summed E-state index contributed by atoms with van der Waals surface area (Å²) >= 11 is 0. The van der Waals surface area contributed by atoms with Crippen molar-refractivity contribution in [2.75, 3.05) is 19.6 Å². The lowest BCUT2D eigenvalue weighted by Crippen LogP contribution is -2.64. The highest BCUT2D eigenvalue weighted by molar-refractivity contribution is 5.94. The van der Waals surface area contributed by atoms with Crippen LogP contribution in [0.5, 0.6) is 0 Å². The van der Waals surface area contributed by atoms with Gasteiger partial charge in [-0.15, -0.1) is 0 Å². The van der Waals surface area contributed by atoms with Crippen LogP contribution in [-0.2, 0) is 28.8 Å². The van der Waals surface area contributed by atoms with E-state index in [4.69, 9.17) is 10.8 Å². The van der Waals surface area contributed by atoms with Crippen molar-refractivity contribution in [1.82, 2.24) is 21.3 Å². The molecule has 0 aromatic rings. The number of nitrogens with two attached hydrogens (primary N) is 1. The molecule has 2 amide bonds. The van der Waals surface area contributed by atoms with E-state index in [0.29, 0.717) is 71.0 Å². The molecule has 0 aromatic heterocycles. The number of nitrogens with one attached hydrogen (secondary N) is 4. The standard InChI is InChI=1S/C49H93N5O8/c1-14-15-16-17-18-19-29-39(55)51-34-25-22-28-38(54-49(12,13)47(8,9)43(60)37(53-35(2)3)27-20-23-32-50)44(61)46(6,7)45(4,5)36(42(59)48(10,11)62)26-21-24-33-52-40(56)30-31-41(57)58/h35-38,53-54,62H,14-34,50H2,1-13H3,(H,51,55)(H,52,56)(H,57,58). The number of ketones is 3. The van der Waals surface area contributed by atoms with Crippen molar-refractivity contribution < 1.29 is 39.0 Å². The monoisotopic (exact) mass is 880 g/mol. The first kappa shape index (κ1) is 59.3. The first-order valence-electron chi connectivity index (χ1n) is 24.0. The van der Waals surface area contributed by atoms with Gasteiger partial charge in [-0.25, -0.2) is 0 Å². The Balaban J connectivity index is 6.56. The molecule has 13 heteroatoms. The number of carboxylic acids is 1. The summed E-state index contributed by atoms with van der Waals surface area (Å²) < 4.78 is 0. The Morgan fingerprint density at radius 1 is 0.565 bits per heavy atom. The van der Waals surface area contributed by atoms with Crippen LogP contribution < -0.4 is 27.0 Å². The Kier molecular flexibility index (Phi) is 27.0. The lowest BCUT2D eigenvalue weighted by Gasteiger charge is -2.50. The minimum atomic E-state index is -1.67. The maximum atomic E-state index is 15.3. The van der Waals surface area contributed by atoms with Gasteiger partial charge in [0.15, 0.2) is 17.3 Å². The molecule has 0 aliphatic heterocycles. The van der Waals surface area contributed by atoms with E-state index >= 15 is 4.79 Å². The number of carboxylic acid groups (broad SMARTS) is 1. The minimum Gasteiger partial charge on any atom is -0.481 e. The molecule has 0 bridgehead atoms. The summed E-state index contributed by atoms with van der Waals surface area (Å²) in [6, 6.07) is -1.02. The molecular formula is C49H93N5O8. The highest BCUT2D eigenvalue weighted by Gasteiger charge is 2.54. The van der Waals surface area contributed by atoms with Crippen molar-refractivity contribution in [2.24, 2.45) is 27.9 Å². The normalized spacial score (nSPS) is 14.3. The van der Waals surface area contributed by atoms with Crippen molar-refractivity contribution in [1.29, 1.82) is 0 Å². The second-order valence-corrected chi connectivity index (χ2v) is 20.8. The Morgan fingerprint density at radius 2 is 1.05 bits per heavy atom. The van der Waals surface area contributed by atoms with E-state index in [2.05, 4.69) is 28.2 Å². The van der Waals surface area contributed by atoms with Gasteiger partial charge in [-0.1, -0.05) is 107 Å². The number of hydrogen-bond donors (Lipinski definition) is 7. The molecule has 0 spiro atoms. The molecule has 13 nitrogen and oxygen atoms in total. The van der Waals surface area contributed by atoms with Gasteiger partial charge in [-0.2, -0.15) is 0 Å². The van der Waals surface area contributed by atoms with Crippen LogP contribution in [0.1, 0.15) is 206 Å². The van der Waals surface area contributed by atoms with E-state index in [1.807, 2.05) is 69.2 Å². The third kappa shape index (κ3) is 20.4. The molecular weight excluding hydrogens is 787 g/mol. The van der Waals surface area contributed by atoms with Crippen LogP contribution in [0.15, 0.2) is 0 Å². The van der Waals surface area contributed by atoms with Crippen LogP contribution in [0, 0.1) is 22.2 Å². The van der Waals surface area contributed by atoms with E-state index in [9.17, 15) is 29.1 Å². The first-order valence-corrected chi connectivity index (χ1v) is 24.0. The number of carbonyl (C=O) groups is 6. The molecule has 8 N–H and O–H groups in total. The first-order chi connectivity index (χ1) is 28.6. The molecule has 0 fully saturated rings. The number of aliphatic carboxylic acids is 1. The average molecular weight is 880 g/mol. The van der Waals surface area contributed by atoms with Crippen LogP contribution in [0.25, 0.3) is 0 Å². The number of hydrogen-bond acceptors (Lipinski definition) is 10. The van der Waals surface area contributed by atoms with Gasteiger partial charge in [0.25, 0.3) is 0 Å². The zero-order chi connectivity index (χ0) is 48.0. The fourth-order valence-electron chi connectivity index (χ4n) is 8.11. The summed E-state index contributed by atoms with van der Waals surface area (Å²) in [4.78, 5) is 79.4. The van der Waals surface area contributed by atoms with E-state index in [0.717, 1.165) is 32.1 Å². The van der Waals surface area contributed by atoms with E-state index < -0.39 is 51.4 Å². The summed E-state index contributed by atoms with van der Waals surface area (Å²) in [6.45, 7) is 25.9. The molecule has 0 saturated carbocycles. The smallest absolute Gasteiger partial charge is 0.303 e. The van der Waals surface area contributed by atoms with Gasteiger partial charge < -0.3 is 37.2 Å². The van der Waals surface area contributed by atoms with Gasteiger partial charge >= 0.3 is 5.97 Å². The van der Waals surface area contributed by atoms with Crippen molar-refractivity contribution in [3.8, 4) is 0 Å². The number of unbranched alkanes of at least 4 members (excludes halogenated alkanes) is 8. The molecule has 3 unspecified atom stereocenters. The van der Waals surface area contributed by atoms with Gasteiger partial charge in [-0.3, -0.25) is 28.8 Å². The number of aliphatic hydroxyl groups is 1. The molecule has 362 valence electrons. The second-order valence-electron chi connectivity index (χ2n) is 20.8. The predicted molar refractivity (Wildman–Crippen MR) is 251 cm³/mol. The Hall–Kier alpha value is -2.74. The van der Waals surface area contributed by atoms with Crippen molar-refractivity contribution in [3.63, 3.8) is 0 Å². The van der Waals surface area contributed by atoms with Gasteiger partial charge in [-0.05, 0) is 91.0 Å². The molecule has 0 aliphatic rings. The zero-order valence-electron chi connectivity index (χ0n) is 41.6. The summed E-state index contributed by atoms with van der Waals surface area (Å²) in [5, 5.41) is 32.9. The summed E-state index contributed by atoms with van der Waals surface area (Å²) in [5.41, 5.74) is 0.278. The van der Waals surface area contributed by atoms with Crippen LogP contribution >= 0.6 is 0 Å². The van der Waals surface area contributed by atoms with Crippen molar-refractivity contribution in [3.05, 3.63) is 0 Å². The number of Topliss-reactive ketones (excluding diaryl/α,β-unsaturated/α-hetero) is 3. The van der Waals surface area contributed by atoms with Crippen LogP contribution in [-0.4, -0.2) is 94.2 Å². The molecule has 0 aromatic carbocycles. The van der Waals surface area contributed by atoms with Gasteiger partial charge in [0, 0.05) is 54.3 Å². The molecule has 62 heavy (non-hydrogen) atoms. The largest absolute Gasteiger partial charge is 0.481 e. The quantitative estimate of drug-likeness (QED) is 0.0302. The highest BCUT2D eigenvalue weighted by Crippen LogP contribution is 2.49. The van der Waals surface area contributed by atoms with E-state index in [1.165, 1.54) is 33.1 Å². The third-order valence-corrected chi connectivity index (χ3v) is 13.7. The molecule has 3 atom stereocenters. The lowest BCUT2D eigenvalue weighted by molar-refractivity contribution is -0.152. The maximum Gasteiger partial charge on any atom is 0.303 e.